The van der Waals surface area contributed by atoms with Gasteiger partial charge in [0.05, 0.1) is 11.0 Å². The Bertz CT molecular complexity index is 1120. The summed E-state index contributed by atoms with van der Waals surface area (Å²) in [5, 5.41) is 0. The summed E-state index contributed by atoms with van der Waals surface area (Å²) in [7, 11) is 0. The Labute approximate surface area is 133 Å². The van der Waals surface area contributed by atoms with Gasteiger partial charge in [0.1, 0.15) is 5.82 Å². The summed E-state index contributed by atoms with van der Waals surface area (Å²) in [6, 6.07) is 19.8. The molecule has 0 radical (unpaired) electrons. The summed E-state index contributed by atoms with van der Waals surface area (Å²) in [6.45, 7) is 0. The summed E-state index contributed by atoms with van der Waals surface area (Å²) in [4.78, 5) is 8.42. The molecular formula is C21H14N2. The zero-order valence-electron chi connectivity index (χ0n) is 12.6. The van der Waals surface area contributed by atoms with Gasteiger partial charge in [-0.25, -0.2) is 4.98 Å². The molecule has 23 heavy (non-hydrogen) atoms. The molecule has 0 saturated heterocycles. The van der Waals surface area contributed by atoms with E-state index in [1.807, 2.05) is 0 Å². The maximum Gasteiger partial charge on any atom is 0.111 e. The van der Waals surface area contributed by atoms with Gasteiger partial charge in [-0.1, -0.05) is 48.5 Å². The van der Waals surface area contributed by atoms with Crippen molar-refractivity contribution in [2.24, 2.45) is 0 Å². The van der Waals surface area contributed by atoms with E-state index in [0.29, 0.717) is 0 Å². The van der Waals surface area contributed by atoms with Crippen molar-refractivity contribution < 1.29 is 0 Å². The molecule has 2 heterocycles. The van der Waals surface area contributed by atoms with E-state index in [-0.39, 0.29) is 0 Å². The lowest BCUT2D eigenvalue weighted by Gasteiger charge is -2.14. The third-order valence-corrected chi connectivity index (χ3v) is 5.25. The standard InChI is InChI=1S/C21H14N2/c1-3-7-14-12(5-1)9-17-16(14)11-18-21-20(17)15-8-4-2-6-13(15)10-19(22-18)23-21/h1-8,11H,9-10H2,(H,22,23). The van der Waals surface area contributed by atoms with Crippen molar-refractivity contribution in [3.63, 3.8) is 0 Å². The molecule has 3 aromatic carbocycles. The zero-order valence-corrected chi connectivity index (χ0v) is 12.6. The Morgan fingerprint density at radius 3 is 2.39 bits per heavy atom. The van der Waals surface area contributed by atoms with E-state index in [1.165, 1.54) is 44.5 Å². The molecule has 2 nitrogen and oxygen atoms in total. The second-order valence-corrected chi connectivity index (χ2v) is 6.53. The van der Waals surface area contributed by atoms with Crippen LogP contribution in [0.3, 0.4) is 0 Å². The van der Waals surface area contributed by atoms with Crippen LogP contribution in [0.1, 0.15) is 22.5 Å². The monoisotopic (exact) mass is 294 g/mol. The first kappa shape index (κ1) is 11.7. The molecule has 1 aromatic heterocycles. The first-order valence-electron chi connectivity index (χ1n) is 8.09. The first-order chi connectivity index (χ1) is 11.4. The smallest absolute Gasteiger partial charge is 0.111 e. The SMILES string of the molecule is c1ccc2c(c1)Cc1c-2cc2[nH]c3nc2c1-c1ccccc1C3. The van der Waals surface area contributed by atoms with Crippen LogP contribution in [0, 0.1) is 0 Å². The van der Waals surface area contributed by atoms with E-state index < -0.39 is 0 Å². The lowest BCUT2D eigenvalue weighted by molar-refractivity contribution is 1.05. The average molecular weight is 294 g/mol. The number of hydrogen-bond acceptors (Lipinski definition) is 1. The second kappa shape index (κ2) is 3.90. The van der Waals surface area contributed by atoms with Crippen LogP contribution in [0.15, 0.2) is 54.6 Å². The minimum atomic E-state index is 0.885. The van der Waals surface area contributed by atoms with Crippen molar-refractivity contribution >= 4 is 11.0 Å². The van der Waals surface area contributed by atoms with E-state index in [4.69, 9.17) is 4.98 Å². The maximum atomic E-state index is 4.89. The molecule has 1 aliphatic carbocycles. The summed E-state index contributed by atoms with van der Waals surface area (Å²) in [5.74, 6) is 1.07. The van der Waals surface area contributed by atoms with E-state index in [1.54, 1.807) is 0 Å². The summed E-state index contributed by atoms with van der Waals surface area (Å²) in [5.41, 5.74) is 12.0. The molecule has 0 amide bonds. The maximum absolute atomic E-state index is 4.89. The fourth-order valence-corrected chi connectivity index (χ4v) is 4.27. The first-order valence-corrected chi connectivity index (χ1v) is 8.09. The van der Waals surface area contributed by atoms with Gasteiger partial charge in [-0.05, 0) is 45.9 Å². The van der Waals surface area contributed by atoms with Crippen LogP contribution < -0.4 is 0 Å². The normalized spacial score (nSPS) is 13.7. The molecule has 1 aliphatic heterocycles. The molecule has 4 aromatic rings. The molecule has 2 aliphatic rings. The minimum Gasteiger partial charge on any atom is -0.342 e. The highest BCUT2D eigenvalue weighted by Crippen LogP contribution is 2.46. The fourth-order valence-electron chi connectivity index (χ4n) is 4.27. The highest BCUT2D eigenvalue weighted by atomic mass is 14.9. The van der Waals surface area contributed by atoms with Crippen molar-refractivity contribution in [2.45, 2.75) is 12.8 Å². The molecule has 2 bridgehead atoms. The number of fused-ring (bicyclic) bond motifs is 7. The second-order valence-electron chi connectivity index (χ2n) is 6.53. The molecule has 0 saturated carbocycles. The molecule has 6 rings (SSSR count). The van der Waals surface area contributed by atoms with Gasteiger partial charge in [0.25, 0.3) is 0 Å². The summed E-state index contributed by atoms with van der Waals surface area (Å²) >= 11 is 0. The van der Waals surface area contributed by atoms with Gasteiger partial charge in [0.15, 0.2) is 0 Å². The average Bonchev–Trinajstić information content (AvgIpc) is 3.09. The highest BCUT2D eigenvalue weighted by molar-refractivity contribution is 6.02. The van der Waals surface area contributed by atoms with E-state index in [2.05, 4.69) is 59.6 Å². The largest absolute Gasteiger partial charge is 0.342 e. The third-order valence-electron chi connectivity index (χ3n) is 5.25. The van der Waals surface area contributed by atoms with E-state index in [0.717, 1.165) is 24.2 Å². The lowest BCUT2D eigenvalue weighted by atomic mass is 9.90. The van der Waals surface area contributed by atoms with Gasteiger partial charge >= 0.3 is 0 Å². The van der Waals surface area contributed by atoms with E-state index in [9.17, 15) is 0 Å². The van der Waals surface area contributed by atoms with Crippen molar-refractivity contribution in [3.05, 3.63) is 77.1 Å². The molecule has 0 atom stereocenters. The van der Waals surface area contributed by atoms with Gasteiger partial charge < -0.3 is 4.98 Å². The highest BCUT2D eigenvalue weighted by Gasteiger charge is 2.27. The van der Waals surface area contributed by atoms with Gasteiger partial charge in [-0.3, -0.25) is 0 Å². The topological polar surface area (TPSA) is 28.7 Å². The van der Waals surface area contributed by atoms with Crippen LogP contribution in [0.25, 0.3) is 33.3 Å². The Balaban J connectivity index is 1.81. The zero-order chi connectivity index (χ0) is 15.0. The Morgan fingerprint density at radius 2 is 1.52 bits per heavy atom. The van der Waals surface area contributed by atoms with Gasteiger partial charge in [0, 0.05) is 12.0 Å². The molecule has 108 valence electrons. The van der Waals surface area contributed by atoms with Crippen molar-refractivity contribution in [1.29, 1.82) is 0 Å². The predicted molar refractivity (Wildman–Crippen MR) is 92.6 cm³/mol. The van der Waals surface area contributed by atoms with E-state index >= 15 is 0 Å². The quantitative estimate of drug-likeness (QED) is 0.432. The van der Waals surface area contributed by atoms with Gasteiger partial charge in [-0.15, -0.1) is 0 Å². The molecule has 0 spiro atoms. The number of aromatic amines is 1. The molecule has 0 fully saturated rings. The third kappa shape index (κ3) is 1.41. The van der Waals surface area contributed by atoms with Crippen LogP contribution >= 0.6 is 0 Å². The molecule has 0 unspecified atom stereocenters. The number of nitrogens with one attached hydrogen (secondary N) is 1. The number of benzene rings is 3. The number of rotatable bonds is 0. The number of aromatic nitrogens is 2. The lowest BCUT2D eigenvalue weighted by Crippen LogP contribution is -1.96. The van der Waals surface area contributed by atoms with Crippen molar-refractivity contribution in [1.82, 2.24) is 9.97 Å². The number of H-pyrrole nitrogens is 1. The van der Waals surface area contributed by atoms with Crippen LogP contribution in [0.5, 0.6) is 0 Å². The Kier molecular flexibility index (Phi) is 1.98. The van der Waals surface area contributed by atoms with Gasteiger partial charge in [-0.2, -0.15) is 0 Å². The Morgan fingerprint density at radius 1 is 0.783 bits per heavy atom. The predicted octanol–water partition coefficient (Wildman–Crippen LogP) is 4.71. The molecule has 1 N–H and O–H groups in total. The van der Waals surface area contributed by atoms with Crippen LogP contribution in [0.2, 0.25) is 0 Å². The minimum absolute atomic E-state index is 0.885. The van der Waals surface area contributed by atoms with Crippen LogP contribution in [-0.2, 0) is 12.8 Å². The Hall–Kier alpha value is -2.87. The van der Waals surface area contributed by atoms with Crippen molar-refractivity contribution in [2.75, 3.05) is 0 Å². The summed E-state index contributed by atoms with van der Waals surface area (Å²) < 4.78 is 0. The molecular weight excluding hydrogens is 280 g/mol. The number of nitrogens with zero attached hydrogens (tertiary/aromatic N) is 1. The van der Waals surface area contributed by atoms with Crippen LogP contribution in [-0.4, -0.2) is 9.97 Å². The summed E-state index contributed by atoms with van der Waals surface area (Å²) in [6.07, 6.45) is 1.89. The number of imidazole rings is 1. The van der Waals surface area contributed by atoms with Gasteiger partial charge in [0.2, 0.25) is 0 Å². The van der Waals surface area contributed by atoms with Crippen molar-refractivity contribution in [3.8, 4) is 22.3 Å². The van der Waals surface area contributed by atoms with Crippen LogP contribution in [0.4, 0.5) is 0 Å². The molecule has 2 heteroatoms. The number of hydrogen-bond donors (Lipinski definition) is 1. The fraction of sp³-hybridized carbons (Fsp3) is 0.0952.